The smallest absolute Gasteiger partial charge is 0.140 e. The first-order valence-corrected chi connectivity index (χ1v) is 5.05. The maximum atomic E-state index is 11.7. The standard InChI is InChI=1S/C11H22O3/c1-6-9(12)11(2,3)10(14-5)7-8-13-4/h10H,6-8H2,1-5H3. The highest BCUT2D eigenvalue weighted by Gasteiger charge is 2.35. The number of carbonyl (C=O) groups excluding carboxylic acids is 1. The number of carbonyl (C=O) groups is 1. The second-order valence-electron chi connectivity index (χ2n) is 4.00. The van der Waals surface area contributed by atoms with Gasteiger partial charge in [0.05, 0.1) is 6.10 Å². The third kappa shape index (κ3) is 3.39. The minimum absolute atomic E-state index is 0.0603. The van der Waals surface area contributed by atoms with Gasteiger partial charge in [-0.2, -0.15) is 0 Å². The number of hydrogen-bond donors (Lipinski definition) is 0. The summed E-state index contributed by atoms with van der Waals surface area (Å²) in [5.41, 5.74) is -0.415. The summed E-state index contributed by atoms with van der Waals surface area (Å²) < 4.78 is 10.3. The summed E-state index contributed by atoms with van der Waals surface area (Å²) in [5.74, 6) is 0.237. The van der Waals surface area contributed by atoms with Gasteiger partial charge in [0.1, 0.15) is 5.78 Å². The molecule has 0 amide bonds. The molecule has 0 aromatic carbocycles. The molecule has 1 atom stereocenters. The summed E-state index contributed by atoms with van der Waals surface area (Å²) in [5, 5.41) is 0. The number of ether oxygens (including phenoxy) is 2. The number of ketones is 1. The quantitative estimate of drug-likeness (QED) is 0.633. The Hall–Kier alpha value is -0.410. The van der Waals surface area contributed by atoms with E-state index in [0.717, 1.165) is 6.42 Å². The van der Waals surface area contributed by atoms with Crippen molar-refractivity contribution in [2.75, 3.05) is 20.8 Å². The summed E-state index contributed by atoms with van der Waals surface area (Å²) >= 11 is 0. The highest BCUT2D eigenvalue weighted by Crippen LogP contribution is 2.27. The Morgan fingerprint density at radius 3 is 2.29 bits per heavy atom. The van der Waals surface area contributed by atoms with Crippen LogP contribution in [0.3, 0.4) is 0 Å². The van der Waals surface area contributed by atoms with E-state index in [2.05, 4.69) is 0 Å². The number of methoxy groups -OCH3 is 2. The fourth-order valence-corrected chi connectivity index (χ4v) is 1.63. The third-order valence-electron chi connectivity index (χ3n) is 2.71. The van der Waals surface area contributed by atoms with E-state index < -0.39 is 5.41 Å². The zero-order valence-corrected chi connectivity index (χ0v) is 9.92. The lowest BCUT2D eigenvalue weighted by Gasteiger charge is -2.31. The van der Waals surface area contributed by atoms with Crippen molar-refractivity contribution in [2.45, 2.75) is 39.7 Å². The van der Waals surface area contributed by atoms with Gasteiger partial charge in [-0.3, -0.25) is 4.79 Å². The number of hydrogen-bond acceptors (Lipinski definition) is 3. The zero-order valence-electron chi connectivity index (χ0n) is 9.92. The van der Waals surface area contributed by atoms with Gasteiger partial charge < -0.3 is 9.47 Å². The predicted molar refractivity (Wildman–Crippen MR) is 56.4 cm³/mol. The normalized spacial score (nSPS) is 14.1. The molecule has 0 aliphatic carbocycles. The van der Waals surface area contributed by atoms with Crippen LogP contribution in [0.4, 0.5) is 0 Å². The van der Waals surface area contributed by atoms with Gasteiger partial charge in [-0.05, 0) is 6.42 Å². The number of Topliss-reactive ketones (excluding diaryl/α,β-unsaturated/α-hetero) is 1. The summed E-state index contributed by atoms with van der Waals surface area (Å²) in [6.07, 6.45) is 1.25. The van der Waals surface area contributed by atoms with Crippen molar-refractivity contribution in [1.82, 2.24) is 0 Å². The minimum Gasteiger partial charge on any atom is -0.385 e. The molecule has 0 fully saturated rings. The Kier molecular flexibility index (Phi) is 5.96. The van der Waals surface area contributed by atoms with Gasteiger partial charge in [-0.1, -0.05) is 20.8 Å². The van der Waals surface area contributed by atoms with Gasteiger partial charge in [0.25, 0.3) is 0 Å². The van der Waals surface area contributed by atoms with Gasteiger partial charge in [-0.25, -0.2) is 0 Å². The van der Waals surface area contributed by atoms with Crippen LogP contribution in [0, 0.1) is 5.41 Å². The molecule has 0 aliphatic heterocycles. The van der Waals surface area contributed by atoms with E-state index >= 15 is 0 Å². The summed E-state index contributed by atoms with van der Waals surface area (Å²) in [6, 6.07) is 0. The van der Waals surface area contributed by atoms with E-state index in [4.69, 9.17) is 9.47 Å². The molecule has 0 saturated carbocycles. The molecule has 84 valence electrons. The van der Waals surface area contributed by atoms with Crippen molar-refractivity contribution in [1.29, 1.82) is 0 Å². The van der Waals surface area contributed by atoms with Crippen molar-refractivity contribution in [3.63, 3.8) is 0 Å². The molecular formula is C11H22O3. The summed E-state index contributed by atoms with van der Waals surface area (Å²) in [4.78, 5) is 11.7. The fourth-order valence-electron chi connectivity index (χ4n) is 1.63. The van der Waals surface area contributed by atoms with Gasteiger partial charge in [-0.15, -0.1) is 0 Å². The highest BCUT2D eigenvalue weighted by molar-refractivity contribution is 5.84. The van der Waals surface area contributed by atoms with Crippen LogP contribution in [-0.4, -0.2) is 32.7 Å². The zero-order chi connectivity index (χ0) is 11.2. The van der Waals surface area contributed by atoms with Crippen molar-refractivity contribution < 1.29 is 14.3 Å². The molecule has 0 spiro atoms. The first-order chi connectivity index (χ1) is 6.50. The van der Waals surface area contributed by atoms with E-state index in [-0.39, 0.29) is 11.9 Å². The van der Waals surface area contributed by atoms with Crippen LogP contribution >= 0.6 is 0 Å². The Morgan fingerprint density at radius 1 is 1.36 bits per heavy atom. The third-order valence-corrected chi connectivity index (χ3v) is 2.71. The van der Waals surface area contributed by atoms with E-state index in [1.54, 1.807) is 14.2 Å². The van der Waals surface area contributed by atoms with Gasteiger partial charge in [0.2, 0.25) is 0 Å². The minimum atomic E-state index is -0.415. The van der Waals surface area contributed by atoms with E-state index in [9.17, 15) is 4.79 Å². The molecule has 0 N–H and O–H groups in total. The lowest BCUT2D eigenvalue weighted by molar-refractivity contribution is -0.135. The summed E-state index contributed by atoms with van der Waals surface area (Å²) in [6.45, 7) is 6.37. The first kappa shape index (κ1) is 13.6. The molecule has 0 aromatic rings. The first-order valence-electron chi connectivity index (χ1n) is 5.05. The SMILES string of the molecule is CCC(=O)C(C)(C)C(CCOC)OC. The van der Waals surface area contributed by atoms with Gasteiger partial charge in [0, 0.05) is 32.7 Å². The van der Waals surface area contributed by atoms with Crippen LogP contribution in [0.2, 0.25) is 0 Å². The second kappa shape index (κ2) is 6.14. The average molecular weight is 202 g/mol. The molecule has 0 aromatic heterocycles. The largest absolute Gasteiger partial charge is 0.385 e. The van der Waals surface area contributed by atoms with Crippen molar-refractivity contribution >= 4 is 5.78 Å². The Bertz CT molecular complexity index is 175. The second-order valence-corrected chi connectivity index (χ2v) is 4.00. The molecule has 0 bridgehead atoms. The van der Waals surface area contributed by atoms with Crippen LogP contribution in [0.1, 0.15) is 33.6 Å². The fraction of sp³-hybridized carbons (Fsp3) is 0.909. The van der Waals surface area contributed by atoms with Crippen molar-refractivity contribution in [3.05, 3.63) is 0 Å². The maximum Gasteiger partial charge on any atom is 0.140 e. The van der Waals surface area contributed by atoms with Crippen LogP contribution in [0.15, 0.2) is 0 Å². The lowest BCUT2D eigenvalue weighted by atomic mass is 9.79. The van der Waals surface area contributed by atoms with Crippen LogP contribution in [-0.2, 0) is 14.3 Å². The van der Waals surface area contributed by atoms with E-state index in [1.807, 2.05) is 20.8 Å². The maximum absolute atomic E-state index is 11.7. The van der Waals surface area contributed by atoms with Gasteiger partial charge in [0.15, 0.2) is 0 Å². The van der Waals surface area contributed by atoms with Gasteiger partial charge >= 0.3 is 0 Å². The topological polar surface area (TPSA) is 35.5 Å². The average Bonchev–Trinajstić information content (AvgIpc) is 2.17. The Labute approximate surface area is 86.8 Å². The van der Waals surface area contributed by atoms with Crippen molar-refractivity contribution in [3.8, 4) is 0 Å². The highest BCUT2D eigenvalue weighted by atomic mass is 16.5. The Morgan fingerprint density at radius 2 is 1.93 bits per heavy atom. The predicted octanol–water partition coefficient (Wildman–Crippen LogP) is 2.04. The van der Waals surface area contributed by atoms with Crippen LogP contribution in [0.25, 0.3) is 0 Å². The molecule has 0 heterocycles. The molecule has 14 heavy (non-hydrogen) atoms. The summed E-state index contributed by atoms with van der Waals surface area (Å²) in [7, 11) is 3.30. The van der Waals surface area contributed by atoms with E-state index in [1.165, 1.54) is 0 Å². The van der Waals surface area contributed by atoms with Crippen molar-refractivity contribution in [2.24, 2.45) is 5.41 Å². The molecule has 1 unspecified atom stereocenters. The lowest BCUT2D eigenvalue weighted by Crippen LogP contribution is -2.39. The molecule has 0 aliphatic rings. The van der Waals surface area contributed by atoms with Crippen LogP contribution in [0.5, 0.6) is 0 Å². The Balaban J connectivity index is 4.39. The van der Waals surface area contributed by atoms with E-state index in [0.29, 0.717) is 13.0 Å². The molecule has 0 rings (SSSR count). The molecule has 3 nitrogen and oxygen atoms in total. The molecular weight excluding hydrogens is 180 g/mol. The molecule has 0 radical (unpaired) electrons. The monoisotopic (exact) mass is 202 g/mol. The number of rotatable bonds is 7. The molecule has 3 heteroatoms. The van der Waals surface area contributed by atoms with Crippen LogP contribution < -0.4 is 0 Å². The molecule has 0 saturated heterocycles.